The van der Waals surface area contributed by atoms with Crippen molar-refractivity contribution in [2.45, 2.75) is 32.4 Å². The summed E-state index contributed by atoms with van der Waals surface area (Å²) in [6.45, 7) is 4.31. The highest BCUT2D eigenvalue weighted by Gasteiger charge is 2.19. The molecule has 6 nitrogen and oxygen atoms in total. The van der Waals surface area contributed by atoms with Crippen LogP contribution in [0.2, 0.25) is 0 Å². The summed E-state index contributed by atoms with van der Waals surface area (Å²) < 4.78 is 10.3. The molecule has 1 heterocycles. The number of furan rings is 1. The lowest BCUT2D eigenvalue weighted by Crippen LogP contribution is -2.46. The van der Waals surface area contributed by atoms with Crippen LogP contribution < -0.4 is 10.6 Å². The van der Waals surface area contributed by atoms with Crippen molar-refractivity contribution in [2.75, 3.05) is 20.3 Å². The summed E-state index contributed by atoms with van der Waals surface area (Å²) in [5.74, 6) is 1.03. The van der Waals surface area contributed by atoms with E-state index in [0.29, 0.717) is 18.3 Å². The van der Waals surface area contributed by atoms with Gasteiger partial charge in [-0.25, -0.2) is 4.79 Å². The first-order chi connectivity index (χ1) is 9.56. The molecule has 3 N–H and O–H groups in total. The van der Waals surface area contributed by atoms with Crippen LogP contribution in [0.25, 0.3) is 0 Å². The summed E-state index contributed by atoms with van der Waals surface area (Å²) >= 11 is 0. The lowest BCUT2D eigenvalue weighted by molar-refractivity contribution is 0.154. The first-order valence-corrected chi connectivity index (χ1v) is 6.77. The van der Waals surface area contributed by atoms with E-state index in [-0.39, 0.29) is 24.7 Å². The highest BCUT2D eigenvalue weighted by Crippen LogP contribution is 2.13. The van der Waals surface area contributed by atoms with Gasteiger partial charge in [0.15, 0.2) is 0 Å². The van der Waals surface area contributed by atoms with Crippen molar-refractivity contribution in [2.24, 2.45) is 5.92 Å². The number of ether oxygens (including phenoxy) is 1. The minimum atomic E-state index is -0.353. The average molecular weight is 284 g/mol. The molecule has 0 aromatic carbocycles. The number of methoxy groups -OCH3 is 1. The van der Waals surface area contributed by atoms with Crippen molar-refractivity contribution in [3.8, 4) is 0 Å². The third-order valence-electron chi connectivity index (χ3n) is 2.84. The zero-order chi connectivity index (χ0) is 15.0. The van der Waals surface area contributed by atoms with E-state index in [2.05, 4.69) is 10.6 Å². The molecule has 0 radical (unpaired) electrons. The summed E-state index contributed by atoms with van der Waals surface area (Å²) in [5, 5.41) is 14.8. The van der Waals surface area contributed by atoms with Crippen molar-refractivity contribution in [1.29, 1.82) is 0 Å². The maximum absolute atomic E-state index is 11.9. The molecule has 1 rings (SSSR count). The molecule has 114 valence electrons. The summed E-state index contributed by atoms with van der Waals surface area (Å²) in [5.41, 5.74) is 0. The van der Waals surface area contributed by atoms with Crippen LogP contribution in [-0.2, 0) is 4.74 Å². The van der Waals surface area contributed by atoms with E-state index in [9.17, 15) is 9.90 Å². The van der Waals surface area contributed by atoms with Crippen LogP contribution in [0, 0.1) is 5.92 Å². The molecule has 0 bridgehead atoms. The van der Waals surface area contributed by atoms with Crippen LogP contribution in [0.3, 0.4) is 0 Å². The first kappa shape index (κ1) is 16.5. The largest absolute Gasteiger partial charge is 0.467 e. The normalized spacial score (nSPS) is 14.1. The minimum Gasteiger partial charge on any atom is -0.467 e. The van der Waals surface area contributed by atoms with E-state index in [1.165, 1.54) is 0 Å². The molecular formula is C14H24N2O4. The van der Waals surface area contributed by atoms with Crippen molar-refractivity contribution in [3.05, 3.63) is 24.2 Å². The lowest BCUT2D eigenvalue weighted by Gasteiger charge is -2.21. The van der Waals surface area contributed by atoms with Gasteiger partial charge in [-0.1, -0.05) is 13.8 Å². The van der Waals surface area contributed by atoms with Gasteiger partial charge in [-0.15, -0.1) is 0 Å². The molecule has 0 spiro atoms. The summed E-state index contributed by atoms with van der Waals surface area (Å²) in [6, 6.07) is 2.58. The Bertz CT molecular complexity index is 379. The molecule has 2 unspecified atom stereocenters. The number of nitrogens with one attached hydrogen (secondary N) is 2. The number of carbonyl (C=O) groups is 1. The number of hydrogen-bond donors (Lipinski definition) is 3. The molecule has 1 aromatic heterocycles. The van der Waals surface area contributed by atoms with E-state index >= 15 is 0 Å². The Morgan fingerprint density at radius 3 is 2.70 bits per heavy atom. The van der Waals surface area contributed by atoms with Crippen molar-refractivity contribution in [3.63, 3.8) is 0 Å². The molecule has 0 fully saturated rings. The third kappa shape index (κ3) is 5.63. The second-order valence-electron chi connectivity index (χ2n) is 5.15. The minimum absolute atomic E-state index is 0.0820. The van der Waals surface area contributed by atoms with E-state index in [1.807, 2.05) is 13.8 Å². The van der Waals surface area contributed by atoms with Gasteiger partial charge in [0, 0.05) is 7.11 Å². The molecule has 0 saturated heterocycles. The number of amides is 2. The van der Waals surface area contributed by atoms with Gasteiger partial charge in [0.05, 0.1) is 25.5 Å². The van der Waals surface area contributed by atoms with Crippen molar-refractivity contribution >= 4 is 6.03 Å². The molecule has 0 aliphatic heterocycles. The Hall–Kier alpha value is -1.53. The van der Waals surface area contributed by atoms with E-state index < -0.39 is 0 Å². The van der Waals surface area contributed by atoms with Crippen LogP contribution in [-0.4, -0.2) is 37.5 Å². The lowest BCUT2D eigenvalue weighted by atomic mass is 10.0. The van der Waals surface area contributed by atoms with Gasteiger partial charge in [0.2, 0.25) is 0 Å². The van der Waals surface area contributed by atoms with Gasteiger partial charge in [-0.3, -0.25) is 0 Å². The zero-order valence-corrected chi connectivity index (χ0v) is 12.3. The van der Waals surface area contributed by atoms with Gasteiger partial charge in [0.1, 0.15) is 11.8 Å². The Kier molecular flexibility index (Phi) is 7.11. The highest BCUT2D eigenvalue weighted by molar-refractivity contribution is 5.74. The number of aliphatic hydroxyl groups is 1. The molecule has 6 heteroatoms. The molecule has 0 saturated carbocycles. The maximum Gasteiger partial charge on any atom is 0.315 e. The van der Waals surface area contributed by atoms with E-state index in [4.69, 9.17) is 9.15 Å². The van der Waals surface area contributed by atoms with Crippen LogP contribution >= 0.6 is 0 Å². The molecule has 0 aliphatic rings. The molecular weight excluding hydrogens is 260 g/mol. The number of aliphatic hydroxyl groups excluding tert-OH is 1. The topological polar surface area (TPSA) is 83.7 Å². The Morgan fingerprint density at radius 2 is 2.20 bits per heavy atom. The van der Waals surface area contributed by atoms with Crippen LogP contribution in [0.15, 0.2) is 22.8 Å². The van der Waals surface area contributed by atoms with Crippen molar-refractivity contribution < 1.29 is 19.1 Å². The average Bonchev–Trinajstić information content (AvgIpc) is 2.90. The fraction of sp³-hybridized carbons (Fsp3) is 0.643. The number of urea groups is 1. The molecule has 2 amide bonds. The van der Waals surface area contributed by atoms with Crippen LogP contribution in [0.1, 0.15) is 32.1 Å². The summed E-state index contributed by atoms with van der Waals surface area (Å²) in [4.78, 5) is 11.9. The van der Waals surface area contributed by atoms with Crippen LogP contribution in [0.4, 0.5) is 4.79 Å². The second kappa shape index (κ2) is 8.60. The first-order valence-electron chi connectivity index (χ1n) is 6.77. The fourth-order valence-corrected chi connectivity index (χ4v) is 1.98. The Balaban J connectivity index is 2.53. The van der Waals surface area contributed by atoms with Gasteiger partial charge in [-0.05, 0) is 24.5 Å². The van der Waals surface area contributed by atoms with Gasteiger partial charge >= 0.3 is 6.03 Å². The Labute approximate surface area is 119 Å². The molecule has 0 aliphatic carbocycles. The van der Waals surface area contributed by atoms with E-state index in [1.54, 1.807) is 25.5 Å². The zero-order valence-electron chi connectivity index (χ0n) is 12.3. The summed E-state index contributed by atoms with van der Waals surface area (Å²) in [7, 11) is 1.56. The van der Waals surface area contributed by atoms with Gasteiger partial charge in [0.25, 0.3) is 0 Å². The molecule has 1 aromatic rings. The van der Waals surface area contributed by atoms with Crippen molar-refractivity contribution in [1.82, 2.24) is 10.6 Å². The van der Waals surface area contributed by atoms with Gasteiger partial charge < -0.3 is 24.9 Å². The SMILES string of the molecule is COCC(NC(=O)NC(CO)CC(C)C)c1ccco1. The maximum atomic E-state index is 11.9. The van der Waals surface area contributed by atoms with Gasteiger partial charge in [-0.2, -0.15) is 0 Å². The summed E-state index contributed by atoms with van der Waals surface area (Å²) in [6.07, 6.45) is 2.27. The van der Waals surface area contributed by atoms with Crippen LogP contribution in [0.5, 0.6) is 0 Å². The smallest absolute Gasteiger partial charge is 0.315 e. The quantitative estimate of drug-likeness (QED) is 0.678. The number of carbonyl (C=O) groups excluding carboxylic acids is 1. The highest BCUT2D eigenvalue weighted by atomic mass is 16.5. The fourth-order valence-electron chi connectivity index (χ4n) is 1.98. The standard InChI is InChI=1S/C14H24N2O4/c1-10(2)7-11(8-17)15-14(18)16-12(9-19-3)13-5-4-6-20-13/h4-6,10-12,17H,7-9H2,1-3H3,(H2,15,16,18). The predicted octanol–water partition coefficient (Wildman–Crippen LogP) is 1.67. The monoisotopic (exact) mass is 284 g/mol. The number of rotatable bonds is 8. The molecule has 2 atom stereocenters. The Morgan fingerprint density at radius 1 is 1.45 bits per heavy atom. The van der Waals surface area contributed by atoms with E-state index in [0.717, 1.165) is 6.42 Å². The molecule has 20 heavy (non-hydrogen) atoms. The predicted molar refractivity (Wildman–Crippen MR) is 75.3 cm³/mol. The third-order valence-corrected chi connectivity index (χ3v) is 2.84. The second-order valence-corrected chi connectivity index (χ2v) is 5.15. The number of hydrogen-bond acceptors (Lipinski definition) is 4.